The molecular weight excluding hydrogens is 380 g/mol. The van der Waals surface area contributed by atoms with E-state index in [0.717, 1.165) is 52.7 Å². The van der Waals surface area contributed by atoms with E-state index in [9.17, 15) is 5.26 Å². The monoisotopic (exact) mass is 404 g/mol. The Labute approximate surface area is 175 Å². The summed E-state index contributed by atoms with van der Waals surface area (Å²) >= 11 is 1.54. The molecule has 0 fully saturated rings. The number of hydrogen-bond acceptors (Lipinski definition) is 6. The van der Waals surface area contributed by atoms with Gasteiger partial charge < -0.3 is 14.5 Å². The van der Waals surface area contributed by atoms with Crippen LogP contribution in [0.25, 0.3) is 21.9 Å². The summed E-state index contributed by atoms with van der Waals surface area (Å²) < 4.78 is 6.78. The number of methoxy groups -OCH3 is 1. The number of aromatic nitrogens is 1. The topological polar surface area (TPSA) is 52.4 Å². The van der Waals surface area contributed by atoms with Crippen molar-refractivity contribution >= 4 is 44.6 Å². The van der Waals surface area contributed by atoms with Gasteiger partial charge in [0, 0.05) is 37.8 Å². The van der Waals surface area contributed by atoms with Crippen molar-refractivity contribution in [3.63, 3.8) is 0 Å². The number of likely N-dealkylation sites (N-methyl/N-ethyl adjacent to an activating group) is 2. The van der Waals surface area contributed by atoms with Gasteiger partial charge in [-0.15, -0.1) is 11.3 Å². The molecule has 5 nitrogen and oxygen atoms in total. The van der Waals surface area contributed by atoms with Crippen molar-refractivity contribution in [3.8, 4) is 11.8 Å². The van der Waals surface area contributed by atoms with Gasteiger partial charge in [-0.25, -0.2) is 4.98 Å². The molecule has 1 aromatic heterocycles. The van der Waals surface area contributed by atoms with Gasteiger partial charge in [0.1, 0.15) is 16.8 Å². The van der Waals surface area contributed by atoms with Crippen molar-refractivity contribution in [2.75, 3.05) is 43.1 Å². The van der Waals surface area contributed by atoms with Crippen molar-refractivity contribution in [2.45, 2.75) is 13.8 Å². The molecule has 3 aromatic rings. The minimum absolute atomic E-state index is 0.552. The molecule has 0 saturated carbocycles. The number of benzene rings is 2. The van der Waals surface area contributed by atoms with Gasteiger partial charge in [-0.1, -0.05) is 12.1 Å². The second-order valence-corrected chi connectivity index (χ2v) is 7.93. The minimum Gasteiger partial charge on any atom is -0.496 e. The summed E-state index contributed by atoms with van der Waals surface area (Å²) in [5.74, 6) is 0.772. The number of hydrogen-bond donors (Lipinski definition) is 0. The van der Waals surface area contributed by atoms with Gasteiger partial charge >= 0.3 is 0 Å². The zero-order valence-corrected chi connectivity index (χ0v) is 17.8. The number of para-hydroxylation sites is 1. The number of rotatable bonds is 5. The number of nitriles is 1. The summed E-state index contributed by atoms with van der Waals surface area (Å²) in [5, 5.41) is 10.6. The maximum absolute atomic E-state index is 9.84. The molecule has 1 aliphatic rings. The van der Waals surface area contributed by atoms with Gasteiger partial charge in [-0.3, -0.25) is 0 Å². The zero-order valence-electron chi connectivity index (χ0n) is 17.0. The lowest BCUT2D eigenvalue weighted by Gasteiger charge is -2.38. The molecule has 6 heteroatoms. The first-order chi connectivity index (χ1) is 14.2. The molecule has 0 atom stereocenters. The molecule has 0 spiro atoms. The Hall–Kier alpha value is -3.04. The van der Waals surface area contributed by atoms with E-state index in [1.165, 1.54) is 22.7 Å². The summed E-state index contributed by atoms with van der Waals surface area (Å²) in [6.45, 7) is 8.25. The number of thiazole rings is 1. The predicted octanol–water partition coefficient (Wildman–Crippen LogP) is 5.04. The third-order valence-electron chi connectivity index (χ3n) is 5.36. The number of anilines is 2. The highest BCUT2D eigenvalue weighted by Crippen LogP contribution is 2.40. The molecule has 29 heavy (non-hydrogen) atoms. The Morgan fingerprint density at radius 2 is 1.86 bits per heavy atom. The van der Waals surface area contributed by atoms with E-state index >= 15 is 0 Å². The molecule has 148 valence electrons. The van der Waals surface area contributed by atoms with Crippen molar-refractivity contribution in [3.05, 3.63) is 47.0 Å². The first-order valence-electron chi connectivity index (χ1n) is 9.88. The van der Waals surface area contributed by atoms with Crippen LogP contribution >= 0.6 is 11.3 Å². The fourth-order valence-electron chi connectivity index (χ4n) is 3.79. The molecular formula is C23H24N4OS. The second-order valence-electron chi connectivity index (χ2n) is 6.90. The third kappa shape index (κ3) is 3.54. The maximum atomic E-state index is 9.84. The molecule has 0 bridgehead atoms. The molecule has 0 aliphatic carbocycles. The molecule has 0 unspecified atom stereocenters. The van der Waals surface area contributed by atoms with Gasteiger partial charge in [0.25, 0.3) is 0 Å². The summed E-state index contributed by atoms with van der Waals surface area (Å²) in [5.41, 5.74) is 4.75. The predicted molar refractivity (Wildman–Crippen MR) is 122 cm³/mol. The highest BCUT2D eigenvalue weighted by Gasteiger charge is 2.23. The minimum atomic E-state index is 0.552. The number of fused-ring (bicyclic) bond motifs is 2. The van der Waals surface area contributed by atoms with E-state index in [1.54, 1.807) is 7.11 Å². The van der Waals surface area contributed by atoms with Crippen molar-refractivity contribution in [2.24, 2.45) is 0 Å². The highest BCUT2D eigenvalue weighted by atomic mass is 32.1. The first-order valence-corrected chi connectivity index (χ1v) is 10.7. The molecule has 0 saturated heterocycles. The average molecular weight is 405 g/mol. The molecule has 1 aliphatic heterocycles. The largest absolute Gasteiger partial charge is 0.496 e. The Bertz CT molecular complexity index is 1080. The Kier molecular flexibility index (Phi) is 5.41. The van der Waals surface area contributed by atoms with Crippen LogP contribution in [0.3, 0.4) is 0 Å². The van der Waals surface area contributed by atoms with Crippen molar-refractivity contribution in [1.29, 1.82) is 5.26 Å². The van der Waals surface area contributed by atoms with E-state index in [2.05, 4.69) is 46.8 Å². The van der Waals surface area contributed by atoms with Crippen LogP contribution in [0, 0.1) is 11.3 Å². The second kappa shape index (κ2) is 8.14. The van der Waals surface area contributed by atoms with Crippen LogP contribution in [0.1, 0.15) is 24.4 Å². The highest BCUT2D eigenvalue weighted by molar-refractivity contribution is 7.19. The summed E-state index contributed by atoms with van der Waals surface area (Å²) in [6, 6.07) is 14.5. The van der Waals surface area contributed by atoms with Gasteiger partial charge in [0.15, 0.2) is 0 Å². The summed E-state index contributed by atoms with van der Waals surface area (Å²) in [4.78, 5) is 9.40. The number of nitrogens with zero attached hydrogens (tertiary/aromatic N) is 4. The molecule has 2 aromatic carbocycles. The molecule has 0 radical (unpaired) electrons. The Balaban J connectivity index is 1.83. The van der Waals surface area contributed by atoms with Crippen LogP contribution in [0.4, 0.5) is 11.4 Å². The molecule has 0 amide bonds. The normalized spacial score (nSPS) is 14.1. The van der Waals surface area contributed by atoms with E-state index in [0.29, 0.717) is 5.57 Å². The molecule has 0 N–H and O–H groups in total. The van der Waals surface area contributed by atoms with E-state index in [1.807, 2.05) is 30.3 Å². The maximum Gasteiger partial charge on any atom is 0.135 e. The summed E-state index contributed by atoms with van der Waals surface area (Å²) in [7, 11) is 1.68. The standard InChI is InChI=1S/C23H24N4OS/c1-4-26-10-11-27(5-2)20-14-21(28-3)16(13-19(20)26)12-17(15-24)23-25-18-8-6-7-9-22(18)29-23/h6-9,12-14H,4-5,10-11H2,1-3H3/b17-12+. The van der Waals surface area contributed by atoms with Gasteiger partial charge in [-0.2, -0.15) is 5.26 Å². The van der Waals surface area contributed by atoms with Crippen molar-refractivity contribution in [1.82, 2.24) is 4.98 Å². The van der Waals surface area contributed by atoms with Crippen molar-refractivity contribution < 1.29 is 4.74 Å². The number of ether oxygens (including phenoxy) is 1. The summed E-state index contributed by atoms with van der Waals surface area (Å²) in [6.07, 6.45) is 1.90. The van der Waals surface area contributed by atoms with Crippen LogP contribution in [0.2, 0.25) is 0 Å². The molecule has 4 rings (SSSR count). The van der Waals surface area contributed by atoms with Gasteiger partial charge in [0.2, 0.25) is 0 Å². The van der Waals surface area contributed by atoms with E-state index < -0.39 is 0 Å². The van der Waals surface area contributed by atoms with Gasteiger partial charge in [-0.05, 0) is 38.1 Å². The Morgan fingerprint density at radius 1 is 1.17 bits per heavy atom. The van der Waals surface area contributed by atoms with Crippen LogP contribution in [0.5, 0.6) is 5.75 Å². The van der Waals surface area contributed by atoms with Gasteiger partial charge in [0.05, 0.1) is 34.3 Å². The van der Waals surface area contributed by atoms with Crippen LogP contribution in [-0.4, -0.2) is 38.3 Å². The first kappa shape index (κ1) is 19.3. The lowest BCUT2D eigenvalue weighted by molar-refractivity contribution is 0.413. The fraction of sp³-hybridized carbons (Fsp3) is 0.304. The fourth-order valence-corrected chi connectivity index (χ4v) is 4.73. The Morgan fingerprint density at radius 3 is 2.48 bits per heavy atom. The lowest BCUT2D eigenvalue weighted by atomic mass is 10.0. The smallest absolute Gasteiger partial charge is 0.135 e. The SMILES string of the molecule is CCN1CCN(CC)c2cc(OC)c(/C=C(\C#N)c3nc4ccccc4s3)cc21. The zero-order chi connectivity index (χ0) is 20.4. The lowest BCUT2D eigenvalue weighted by Crippen LogP contribution is -2.41. The van der Waals surface area contributed by atoms with E-state index in [4.69, 9.17) is 4.74 Å². The quantitative estimate of drug-likeness (QED) is 0.558. The average Bonchev–Trinajstić information content (AvgIpc) is 3.20. The number of allylic oxidation sites excluding steroid dienone is 1. The van der Waals surface area contributed by atoms with E-state index in [-0.39, 0.29) is 0 Å². The van der Waals surface area contributed by atoms with Crippen LogP contribution in [-0.2, 0) is 0 Å². The van der Waals surface area contributed by atoms with Crippen LogP contribution < -0.4 is 14.5 Å². The molecule has 2 heterocycles. The van der Waals surface area contributed by atoms with Crippen LogP contribution in [0.15, 0.2) is 36.4 Å². The third-order valence-corrected chi connectivity index (χ3v) is 6.43.